The smallest absolute Gasteiger partial charge is 0.226 e. The van der Waals surface area contributed by atoms with Crippen molar-refractivity contribution in [2.45, 2.75) is 5.75 Å². The van der Waals surface area contributed by atoms with Crippen LogP contribution >= 0.6 is 11.6 Å². The van der Waals surface area contributed by atoms with Gasteiger partial charge >= 0.3 is 0 Å². The van der Waals surface area contributed by atoms with E-state index in [4.69, 9.17) is 16.0 Å². The summed E-state index contributed by atoms with van der Waals surface area (Å²) < 4.78 is 27.4. The molecule has 0 saturated heterocycles. The summed E-state index contributed by atoms with van der Waals surface area (Å²) in [5, 5.41) is 0.574. The molecule has 1 aromatic carbocycles. The predicted octanol–water partition coefficient (Wildman–Crippen LogP) is 2.54. The Hall–Kier alpha value is -1.33. The van der Waals surface area contributed by atoms with Gasteiger partial charge in [-0.05, 0) is 18.2 Å². The molecule has 0 aliphatic carbocycles. The second-order valence-electron chi connectivity index (χ2n) is 3.72. The van der Waals surface area contributed by atoms with Gasteiger partial charge in [-0.2, -0.15) is 0 Å². The second-order valence-corrected chi connectivity index (χ2v) is 6.30. The van der Waals surface area contributed by atoms with Crippen LogP contribution < -0.4 is 0 Å². The third-order valence-corrected chi connectivity index (χ3v) is 3.09. The van der Waals surface area contributed by atoms with Crippen molar-refractivity contribution < 1.29 is 12.8 Å². The molecule has 0 radical (unpaired) electrons. The topological polar surface area (TPSA) is 60.2 Å². The van der Waals surface area contributed by atoms with E-state index in [2.05, 4.69) is 4.98 Å². The minimum atomic E-state index is -3.10. The Balaban J connectivity index is 2.30. The van der Waals surface area contributed by atoms with E-state index in [0.29, 0.717) is 16.6 Å². The molecule has 2 rings (SSSR count). The normalized spacial score (nSPS) is 11.6. The Bertz CT molecular complexity index is 634. The standard InChI is InChI=1S/C11H10ClNO3S/c1-17(14,15)7-10-6-16-11(13-10)8-3-2-4-9(12)5-8/h2-6H,7H2,1H3. The minimum Gasteiger partial charge on any atom is -0.444 e. The lowest BCUT2D eigenvalue weighted by molar-refractivity contribution is 0.572. The summed E-state index contributed by atoms with van der Waals surface area (Å²) in [5.41, 5.74) is 1.11. The van der Waals surface area contributed by atoms with Gasteiger partial charge in [0.1, 0.15) is 6.26 Å². The van der Waals surface area contributed by atoms with Crippen molar-refractivity contribution in [2.24, 2.45) is 0 Å². The summed E-state index contributed by atoms with van der Waals surface area (Å²) >= 11 is 5.84. The molecule has 0 aliphatic heterocycles. The van der Waals surface area contributed by atoms with Gasteiger partial charge < -0.3 is 4.42 Å². The Labute approximate surface area is 104 Å². The van der Waals surface area contributed by atoms with Crippen molar-refractivity contribution in [1.82, 2.24) is 4.98 Å². The zero-order valence-electron chi connectivity index (χ0n) is 9.05. The number of sulfone groups is 1. The first-order valence-electron chi connectivity index (χ1n) is 4.82. The van der Waals surface area contributed by atoms with Gasteiger partial charge in [0.2, 0.25) is 5.89 Å². The quantitative estimate of drug-likeness (QED) is 0.861. The number of oxazole rings is 1. The van der Waals surface area contributed by atoms with E-state index in [0.717, 1.165) is 11.8 Å². The molecule has 0 amide bonds. The van der Waals surface area contributed by atoms with Crippen LogP contribution in [0.5, 0.6) is 0 Å². The molecule has 0 aliphatic rings. The van der Waals surface area contributed by atoms with Crippen LogP contribution in [0.2, 0.25) is 5.02 Å². The van der Waals surface area contributed by atoms with E-state index in [-0.39, 0.29) is 5.75 Å². The average molecular weight is 272 g/mol. The third-order valence-electron chi connectivity index (χ3n) is 2.03. The van der Waals surface area contributed by atoms with E-state index in [1.54, 1.807) is 24.3 Å². The van der Waals surface area contributed by atoms with Crippen LogP contribution in [0.25, 0.3) is 11.5 Å². The number of nitrogens with zero attached hydrogens (tertiary/aromatic N) is 1. The summed E-state index contributed by atoms with van der Waals surface area (Å²) in [7, 11) is -3.10. The lowest BCUT2D eigenvalue weighted by atomic mass is 10.2. The van der Waals surface area contributed by atoms with Gasteiger partial charge in [-0.1, -0.05) is 17.7 Å². The summed E-state index contributed by atoms with van der Waals surface area (Å²) in [6.45, 7) is 0. The van der Waals surface area contributed by atoms with E-state index in [1.165, 1.54) is 6.26 Å². The summed E-state index contributed by atoms with van der Waals surface area (Å²) in [4.78, 5) is 4.10. The molecule has 4 nitrogen and oxygen atoms in total. The predicted molar refractivity (Wildman–Crippen MR) is 65.5 cm³/mol. The Morgan fingerprint density at radius 3 is 2.82 bits per heavy atom. The summed E-state index contributed by atoms with van der Waals surface area (Å²) in [6.07, 6.45) is 2.50. The third kappa shape index (κ3) is 3.31. The highest BCUT2D eigenvalue weighted by molar-refractivity contribution is 7.89. The van der Waals surface area contributed by atoms with Crippen LogP contribution in [0.15, 0.2) is 34.9 Å². The van der Waals surface area contributed by atoms with Crippen LogP contribution in [0, 0.1) is 0 Å². The SMILES string of the molecule is CS(=O)(=O)Cc1coc(-c2cccc(Cl)c2)n1. The molecule has 0 saturated carbocycles. The molecular weight excluding hydrogens is 262 g/mol. The molecule has 1 aromatic heterocycles. The highest BCUT2D eigenvalue weighted by Gasteiger charge is 2.11. The molecule has 2 aromatic rings. The first-order chi connectivity index (χ1) is 7.94. The van der Waals surface area contributed by atoms with Crippen LogP contribution in [0.4, 0.5) is 0 Å². The molecule has 17 heavy (non-hydrogen) atoms. The number of halogens is 1. The molecule has 90 valence electrons. The molecule has 0 N–H and O–H groups in total. The maximum Gasteiger partial charge on any atom is 0.226 e. The van der Waals surface area contributed by atoms with Crippen molar-refractivity contribution in [3.05, 3.63) is 41.2 Å². The van der Waals surface area contributed by atoms with Gasteiger partial charge in [0.15, 0.2) is 9.84 Å². The Morgan fingerprint density at radius 2 is 2.18 bits per heavy atom. The van der Waals surface area contributed by atoms with Crippen molar-refractivity contribution >= 4 is 21.4 Å². The fraction of sp³-hybridized carbons (Fsp3) is 0.182. The monoisotopic (exact) mass is 271 g/mol. The van der Waals surface area contributed by atoms with Crippen LogP contribution in [-0.4, -0.2) is 19.7 Å². The zero-order chi connectivity index (χ0) is 12.5. The second kappa shape index (κ2) is 4.50. The molecule has 0 unspecified atom stereocenters. The Kier molecular flexibility index (Phi) is 3.22. The maximum absolute atomic E-state index is 11.1. The maximum atomic E-state index is 11.1. The Morgan fingerprint density at radius 1 is 1.41 bits per heavy atom. The van der Waals surface area contributed by atoms with E-state index in [1.807, 2.05) is 0 Å². The number of rotatable bonds is 3. The molecule has 1 heterocycles. The molecule has 0 spiro atoms. The lowest BCUT2D eigenvalue weighted by Crippen LogP contribution is -2.00. The van der Waals surface area contributed by atoms with Crippen LogP contribution in [-0.2, 0) is 15.6 Å². The molecule has 0 bridgehead atoms. The first-order valence-corrected chi connectivity index (χ1v) is 7.26. The number of hydrogen-bond acceptors (Lipinski definition) is 4. The summed E-state index contributed by atoms with van der Waals surface area (Å²) in [5.74, 6) is 0.239. The van der Waals surface area contributed by atoms with Gasteiger partial charge in [0.05, 0.1) is 11.4 Å². The van der Waals surface area contributed by atoms with Crippen LogP contribution in [0.3, 0.4) is 0 Å². The fourth-order valence-electron chi connectivity index (χ4n) is 1.40. The zero-order valence-corrected chi connectivity index (χ0v) is 10.6. The van der Waals surface area contributed by atoms with Crippen molar-refractivity contribution in [1.29, 1.82) is 0 Å². The molecule has 6 heteroatoms. The van der Waals surface area contributed by atoms with Gasteiger partial charge in [-0.15, -0.1) is 0 Å². The van der Waals surface area contributed by atoms with Crippen molar-refractivity contribution in [2.75, 3.05) is 6.26 Å². The van der Waals surface area contributed by atoms with E-state index >= 15 is 0 Å². The molecule has 0 atom stereocenters. The highest BCUT2D eigenvalue weighted by Crippen LogP contribution is 2.22. The number of aromatic nitrogens is 1. The van der Waals surface area contributed by atoms with E-state index in [9.17, 15) is 8.42 Å². The number of hydrogen-bond donors (Lipinski definition) is 0. The summed E-state index contributed by atoms with van der Waals surface area (Å²) in [6, 6.07) is 7.02. The highest BCUT2D eigenvalue weighted by atomic mass is 35.5. The fourth-order valence-corrected chi connectivity index (χ4v) is 2.26. The largest absolute Gasteiger partial charge is 0.444 e. The molecule has 0 fully saturated rings. The van der Waals surface area contributed by atoms with Gasteiger partial charge in [0, 0.05) is 16.8 Å². The molecular formula is C11H10ClNO3S. The minimum absolute atomic E-state index is 0.128. The van der Waals surface area contributed by atoms with Gasteiger partial charge in [-0.3, -0.25) is 0 Å². The van der Waals surface area contributed by atoms with Crippen LogP contribution in [0.1, 0.15) is 5.69 Å². The average Bonchev–Trinajstić information content (AvgIpc) is 2.63. The van der Waals surface area contributed by atoms with E-state index < -0.39 is 9.84 Å². The van der Waals surface area contributed by atoms with Crippen molar-refractivity contribution in [3.8, 4) is 11.5 Å². The van der Waals surface area contributed by atoms with Gasteiger partial charge in [-0.25, -0.2) is 13.4 Å². The van der Waals surface area contributed by atoms with Crippen molar-refractivity contribution in [3.63, 3.8) is 0 Å². The number of benzene rings is 1. The lowest BCUT2D eigenvalue weighted by Gasteiger charge is -1.95. The van der Waals surface area contributed by atoms with Gasteiger partial charge in [0.25, 0.3) is 0 Å². The first kappa shape index (κ1) is 12.1.